The molecule has 0 saturated carbocycles. The molecular weight excluding hydrogens is 399 g/mol. The minimum Gasteiger partial charge on any atom is -0.384 e. The molecule has 2 aliphatic heterocycles. The van der Waals surface area contributed by atoms with Crippen LogP contribution >= 0.6 is 24.8 Å². The molecule has 0 aromatic heterocycles. The summed E-state index contributed by atoms with van der Waals surface area (Å²) in [6.07, 6.45) is 1.52. The molecule has 154 valence electrons. The molecule has 2 saturated heterocycles. The maximum atomic E-state index is 13.9. The molecular formula is C18H27Cl2F2N3O2. The molecule has 0 atom stereocenters. The number of nitrogens with zero attached hydrogens (tertiary/aromatic N) is 2. The Bertz CT molecular complexity index is 617. The highest BCUT2D eigenvalue weighted by atomic mass is 35.5. The quantitative estimate of drug-likeness (QED) is 0.804. The fourth-order valence-corrected chi connectivity index (χ4v) is 3.82. The van der Waals surface area contributed by atoms with Crippen LogP contribution in [0.2, 0.25) is 0 Å². The second-order valence-corrected chi connectivity index (χ2v) is 6.84. The van der Waals surface area contributed by atoms with E-state index in [0.29, 0.717) is 32.8 Å². The lowest BCUT2D eigenvalue weighted by Gasteiger charge is -2.43. The number of hydrogen-bond donors (Lipinski definition) is 1. The van der Waals surface area contributed by atoms with Crippen molar-refractivity contribution >= 4 is 36.4 Å². The fraction of sp³-hybridized carbons (Fsp3) is 0.611. The van der Waals surface area contributed by atoms with Crippen molar-refractivity contribution in [1.29, 1.82) is 0 Å². The van der Waals surface area contributed by atoms with Crippen LogP contribution in [-0.4, -0.2) is 63.8 Å². The summed E-state index contributed by atoms with van der Waals surface area (Å²) in [4.78, 5) is 16.7. The number of methoxy groups -OCH3 is 1. The topological polar surface area (TPSA) is 44.8 Å². The van der Waals surface area contributed by atoms with Gasteiger partial charge in [0.05, 0.1) is 17.7 Å². The van der Waals surface area contributed by atoms with Gasteiger partial charge in [0, 0.05) is 39.4 Å². The van der Waals surface area contributed by atoms with Crippen LogP contribution in [0.3, 0.4) is 0 Å². The van der Waals surface area contributed by atoms with Crippen molar-refractivity contribution in [2.75, 3.05) is 57.9 Å². The SMILES string of the molecule is COCC1(C(=O)N2CCN(c3cc(F)ccc3F)CC2)CCNCC1.Cl.Cl. The largest absolute Gasteiger partial charge is 0.384 e. The van der Waals surface area contributed by atoms with E-state index in [4.69, 9.17) is 4.74 Å². The predicted octanol–water partition coefficient (Wildman–Crippen LogP) is 2.47. The van der Waals surface area contributed by atoms with E-state index in [9.17, 15) is 13.6 Å². The molecule has 0 unspecified atom stereocenters. The van der Waals surface area contributed by atoms with Gasteiger partial charge in [-0.2, -0.15) is 0 Å². The third kappa shape index (κ3) is 5.22. The minimum absolute atomic E-state index is 0. The summed E-state index contributed by atoms with van der Waals surface area (Å²) in [7, 11) is 1.63. The number of halogens is 4. The van der Waals surface area contributed by atoms with E-state index >= 15 is 0 Å². The Hall–Kier alpha value is -1.15. The number of nitrogens with one attached hydrogen (secondary N) is 1. The summed E-state index contributed by atoms with van der Waals surface area (Å²) in [5.74, 6) is -0.769. The van der Waals surface area contributed by atoms with Crippen molar-refractivity contribution in [2.24, 2.45) is 5.41 Å². The Labute approximate surface area is 171 Å². The van der Waals surface area contributed by atoms with E-state index in [1.54, 1.807) is 12.0 Å². The highest BCUT2D eigenvalue weighted by molar-refractivity contribution is 5.85. The Kier molecular flexibility index (Phi) is 9.21. The van der Waals surface area contributed by atoms with Gasteiger partial charge in [0.25, 0.3) is 0 Å². The third-order valence-corrected chi connectivity index (χ3v) is 5.25. The van der Waals surface area contributed by atoms with Crippen LogP contribution in [0.5, 0.6) is 0 Å². The average molecular weight is 426 g/mol. The first-order valence-electron chi connectivity index (χ1n) is 8.75. The van der Waals surface area contributed by atoms with Crippen LogP contribution in [0.4, 0.5) is 14.5 Å². The van der Waals surface area contributed by atoms with Crippen LogP contribution < -0.4 is 10.2 Å². The van der Waals surface area contributed by atoms with Crippen molar-refractivity contribution in [2.45, 2.75) is 12.8 Å². The zero-order valence-electron chi connectivity index (χ0n) is 15.4. The van der Waals surface area contributed by atoms with Crippen LogP contribution in [0.1, 0.15) is 12.8 Å². The van der Waals surface area contributed by atoms with Crippen LogP contribution in [-0.2, 0) is 9.53 Å². The van der Waals surface area contributed by atoms with Gasteiger partial charge >= 0.3 is 0 Å². The van der Waals surface area contributed by atoms with Gasteiger partial charge in [-0.25, -0.2) is 8.78 Å². The molecule has 2 aliphatic rings. The van der Waals surface area contributed by atoms with E-state index in [0.717, 1.165) is 38.1 Å². The molecule has 1 aromatic carbocycles. The van der Waals surface area contributed by atoms with Gasteiger partial charge in [0.2, 0.25) is 5.91 Å². The Morgan fingerprint density at radius 1 is 1.15 bits per heavy atom. The number of hydrogen-bond acceptors (Lipinski definition) is 4. The highest BCUT2D eigenvalue weighted by Gasteiger charge is 2.42. The van der Waals surface area contributed by atoms with Gasteiger partial charge in [-0.1, -0.05) is 0 Å². The molecule has 9 heteroatoms. The number of amides is 1. The van der Waals surface area contributed by atoms with E-state index in [1.165, 1.54) is 6.07 Å². The second kappa shape index (κ2) is 10.4. The lowest BCUT2D eigenvalue weighted by Crippen LogP contribution is -2.56. The molecule has 1 N–H and O–H groups in total. The second-order valence-electron chi connectivity index (χ2n) is 6.84. The summed E-state index contributed by atoms with van der Waals surface area (Å²) >= 11 is 0. The number of carbonyl (C=O) groups excluding carboxylic acids is 1. The van der Waals surface area contributed by atoms with Gasteiger partial charge in [-0.3, -0.25) is 4.79 Å². The van der Waals surface area contributed by atoms with Crippen LogP contribution in [0.15, 0.2) is 18.2 Å². The molecule has 5 nitrogen and oxygen atoms in total. The smallest absolute Gasteiger partial charge is 0.231 e. The van der Waals surface area contributed by atoms with Crippen molar-refractivity contribution in [3.63, 3.8) is 0 Å². The fourth-order valence-electron chi connectivity index (χ4n) is 3.82. The van der Waals surface area contributed by atoms with E-state index < -0.39 is 17.0 Å². The number of rotatable bonds is 4. The van der Waals surface area contributed by atoms with Crippen molar-refractivity contribution in [1.82, 2.24) is 10.2 Å². The summed E-state index contributed by atoms with van der Waals surface area (Å²) in [5.41, 5.74) is -0.202. The van der Waals surface area contributed by atoms with Gasteiger partial charge in [0.15, 0.2) is 0 Å². The van der Waals surface area contributed by atoms with Crippen LogP contribution in [0, 0.1) is 17.0 Å². The zero-order chi connectivity index (χ0) is 17.9. The molecule has 3 rings (SSSR count). The molecule has 1 aromatic rings. The molecule has 1 amide bonds. The summed E-state index contributed by atoms with van der Waals surface area (Å²) in [5, 5.41) is 3.28. The first kappa shape index (κ1) is 23.9. The summed E-state index contributed by atoms with van der Waals surface area (Å²) in [6, 6.07) is 3.47. The molecule has 2 heterocycles. The van der Waals surface area contributed by atoms with E-state index in [1.807, 2.05) is 4.90 Å². The normalized spacial score (nSPS) is 19.1. The third-order valence-electron chi connectivity index (χ3n) is 5.25. The lowest BCUT2D eigenvalue weighted by molar-refractivity contribution is -0.147. The lowest BCUT2D eigenvalue weighted by atomic mass is 9.78. The minimum atomic E-state index is -0.466. The molecule has 27 heavy (non-hydrogen) atoms. The standard InChI is InChI=1S/C18H25F2N3O2.2ClH/c1-25-13-18(4-6-21-7-5-18)17(24)23-10-8-22(9-11-23)16-12-14(19)2-3-15(16)20;;/h2-3,12,21H,4-11,13H2,1H3;2*1H. The monoisotopic (exact) mass is 425 g/mol. The van der Waals surface area contributed by atoms with E-state index in [-0.39, 0.29) is 36.4 Å². The number of piperazine rings is 1. The first-order chi connectivity index (χ1) is 12.1. The maximum Gasteiger partial charge on any atom is 0.231 e. The van der Waals surface area contributed by atoms with Gasteiger partial charge < -0.3 is 19.9 Å². The van der Waals surface area contributed by atoms with Crippen molar-refractivity contribution < 1.29 is 18.3 Å². The molecule has 0 aliphatic carbocycles. The van der Waals surface area contributed by atoms with Gasteiger partial charge in [-0.05, 0) is 38.1 Å². The molecule has 0 spiro atoms. The summed E-state index contributed by atoms with van der Waals surface area (Å²) in [6.45, 7) is 4.04. The molecule has 0 bridgehead atoms. The van der Waals surface area contributed by atoms with Gasteiger partial charge in [-0.15, -0.1) is 24.8 Å². The van der Waals surface area contributed by atoms with E-state index in [2.05, 4.69) is 5.32 Å². The molecule has 0 radical (unpaired) electrons. The highest BCUT2D eigenvalue weighted by Crippen LogP contribution is 2.32. The first-order valence-corrected chi connectivity index (χ1v) is 8.75. The Morgan fingerprint density at radius 3 is 2.37 bits per heavy atom. The average Bonchev–Trinajstić information content (AvgIpc) is 2.64. The molecule has 2 fully saturated rings. The number of piperidine rings is 1. The van der Waals surface area contributed by atoms with Gasteiger partial charge in [0.1, 0.15) is 11.6 Å². The number of benzene rings is 1. The number of ether oxygens (including phenoxy) is 1. The zero-order valence-corrected chi connectivity index (χ0v) is 17.0. The van der Waals surface area contributed by atoms with Crippen molar-refractivity contribution in [3.05, 3.63) is 29.8 Å². The predicted molar refractivity (Wildman–Crippen MR) is 106 cm³/mol. The number of carbonyl (C=O) groups is 1. The Balaban J connectivity index is 0.00000182. The number of anilines is 1. The Morgan fingerprint density at radius 2 is 1.78 bits per heavy atom. The van der Waals surface area contributed by atoms with Crippen LogP contribution in [0.25, 0.3) is 0 Å². The van der Waals surface area contributed by atoms with Crippen molar-refractivity contribution in [3.8, 4) is 0 Å². The maximum absolute atomic E-state index is 13.9. The summed E-state index contributed by atoms with van der Waals surface area (Å²) < 4.78 is 32.7.